The number of carbonyl (C=O) groups is 1. The molecule has 0 N–H and O–H groups in total. The van der Waals surface area contributed by atoms with Gasteiger partial charge in [-0.05, 0) is 55.5 Å². The zero-order chi connectivity index (χ0) is 21.2. The third-order valence-electron chi connectivity index (χ3n) is 4.61. The molecule has 4 nitrogen and oxygen atoms in total. The topological polar surface area (TPSA) is 48.4 Å². The summed E-state index contributed by atoms with van der Waals surface area (Å²) < 4.78 is 24.5. The van der Waals surface area contributed by atoms with E-state index in [0.717, 1.165) is 41.6 Å². The van der Waals surface area contributed by atoms with Crippen LogP contribution in [0.25, 0.3) is 22.4 Å². The Bertz CT molecular complexity index is 960. The van der Waals surface area contributed by atoms with E-state index in [-0.39, 0.29) is 11.8 Å². The molecule has 1 heterocycles. The van der Waals surface area contributed by atoms with Crippen molar-refractivity contribution in [2.45, 2.75) is 32.6 Å². The lowest BCUT2D eigenvalue weighted by Crippen LogP contribution is -2.04. The lowest BCUT2D eigenvalue weighted by atomic mass is 10.0. The number of pyridine rings is 1. The highest BCUT2D eigenvalue weighted by Crippen LogP contribution is 2.29. The molecule has 0 saturated heterocycles. The largest absolute Gasteiger partial charge is 0.478 e. The summed E-state index contributed by atoms with van der Waals surface area (Å²) in [4.78, 5) is 16.0. The highest BCUT2D eigenvalue weighted by Gasteiger charge is 2.09. The Morgan fingerprint density at radius 2 is 1.70 bits per heavy atom. The van der Waals surface area contributed by atoms with Gasteiger partial charge in [-0.25, -0.2) is 9.37 Å². The smallest absolute Gasteiger partial charge is 0.305 e. The van der Waals surface area contributed by atoms with Crippen molar-refractivity contribution < 1.29 is 18.7 Å². The molecule has 3 rings (SSSR count). The van der Waals surface area contributed by atoms with Crippen LogP contribution in [0.2, 0.25) is 0 Å². The summed E-state index contributed by atoms with van der Waals surface area (Å²) in [5, 5.41) is 0. The lowest BCUT2D eigenvalue weighted by molar-refractivity contribution is -0.143. The molecule has 0 saturated carbocycles. The van der Waals surface area contributed by atoms with Gasteiger partial charge in [-0.15, -0.1) is 0 Å². The summed E-state index contributed by atoms with van der Waals surface area (Å²) in [5.41, 5.74) is 3.36. The maximum atomic E-state index is 13.7. The molecular formula is C25H26FNO3. The van der Waals surface area contributed by atoms with Gasteiger partial charge < -0.3 is 9.47 Å². The van der Waals surface area contributed by atoms with Crippen LogP contribution < -0.4 is 4.74 Å². The van der Waals surface area contributed by atoms with Crippen molar-refractivity contribution in [3.05, 3.63) is 72.5 Å². The van der Waals surface area contributed by atoms with Crippen molar-refractivity contribution in [1.29, 1.82) is 0 Å². The van der Waals surface area contributed by atoms with Crippen LogP contribution in [0, 0.1) is 5.82 Å². The van der Waals surface area contributed by atoms with Crippen LogP contribution in [0.1, 0.15) is 32.6 Å². The molecular weight excluding hydrogens is 381 g/mol. The van der Waals surface area contributed by atoms with Crippen LogP contribution in [0.5, 0.6) is 5.88 Å². The van der Waals surface area contributed by atoms with Crippen molar-refractivity contribution in [2.24, 2.45) is 0 Å². The number of unbranched alkanes of at least 4 members (excludes halogenated alkanes) is 2. The molecule has 1 aromatic heterocycles. The highest BCUT2D eigenvalue weighted by molar-refractivity contribution is 5.71. The second kappa shape index (κ2) is 11.1. The molecule has 0 amide bonds. The van der Waals surface area contributed by atoms with Crippen LogP contribution in [0.15, 0.2) is 66.7 Å². The first-order valence-corrected chi connectivity index (χ1v) is 10.3. The number of rotatable bonds is 10. The first kappa shape index (κ1) is 21.5. The number of halogens is 1. The number of hydrogen-bond acceptors (Lipinski definition) is 4. The maximum absolute atomic E-state index is 13.7. The molecule has 30 heavy (non-hydrogen) atoms. The van der Waals surface area contributed by atoms with Gasteiger partial charge in [0.2, 0.25) is 5.88 Å². The van der Waals surface area contributed by atoms with Gasteiger partial charge >= 0.3 is 5.97 Å². The Balaban J connectivity index is 1.69. The Kier molecular flexibility index (Phi) is 7.95. The van der Waals surface area contributed by atoms with Gasteiger partial charge in [-0.2, -0.15) is 0 Å². The minimum Gasteiger partial charge on any atom is -0.478 e. The van der Waals surface area contributed by atoms with Crippen molar-refractivity contribution in [1.82, 2.24) is 4.98 Å². The fourth-order valence-electron chi connectivity index (χ4n) is 3.13. The summed E-state index contributed by atoms with van der Waals surface area (Å²) in [6, 6.07) is 20.1. The quantitative estimate of drug-likeness (QED) is 0.303. The normalized spacial score (nSPS) is 10.6. The Morgan fingerprint density at radius 1 is 0.900 bits per heavy atom. The maximum Gasteiger partial charge on any atom is 0.305 e. The number of ether oxygens (including phenoxy) is 2. The number of benzene rings is 2. The second-order valence-electron chi connectivity index (χ2n) is 6.92. The first-order valence-electron chi connectivity index (χ1n) is 10.3. The Hall–Kier alpha value is -3.21. The average molecular weight is 407 g/mol. The molecule has 0 atom stereocenters. The van der Waals surface area contributed by atoms with Crippen LogP contribution in [0.4, 0.5) is 4.39 Å². The van der Waals surface area contributed by atoms with Gasteiger partial charge in [0.05, 0.1) is 18.9 Å². The van der Waals surface area contributed by atoms with Crippen molar-refractivity contribution >= 4 is 5.97 Å². The molecule has 0 aliphatic carbocycles. The second-order valence-corrected chi connectivity index (χ2v) is 6.92. The third-order valence-corrected chi connectivity index (χ3v) is 4.61. The fraction of sp³-hybridized carbons (Fsp3) is 0.280. The van der Waals surface area contributed by atoms with E-state index in [2.05, 4.69) is 4.98 Å². The molecule has 0 fully saturated rings. The van der Waals surface area contributed by atoms with E-state index in [1.165, 1.54) is 12.1 Å². The molecule has 0 unspecified atom stereocenters. The van der Waals surface area contributed by atoms with Crippen LogP contribution in [0.3, 0.4) is 0 Å². The zero-order valence-electron chi connectivity index (χ0n) is 17.1. The highest BCUT2D eigenvalue weighted by atomic mass is 19.1. The van der Waals surface area contributed by atoms with Crippen molar-refractivity contribution in [2.75, 3.05) is 13.2 Å². The standard InChI is InChI=1S/C25H26FNO3/c1-2-29-25(28)14-7-4-8-15-30-24-18-21(20-12-9-13-22(26)16-20)17-23(27-24)19-10-5-3-6-11-19/h3,5-6,9-13,16-18H,2,4,7-8,14-15H2,1H3. The predicted molar refractivity (Wildman–Crippen MR) is 116 cm³/mol. The molecule has 0 spiro atoms. The van der Waals surface area contributed by atoms with E-state index < -0.39 is 0 Å². The number of aromatic nitrogens is 1. The van der Waals surface area contributed by atoms with E-state index in [4.69, 9.17) is 9.47 Å². The van der Waals surface area contributed by atoms with Crippen molar-refractivity contribution in [3.63, 3.8) is 0 Å². The Morgan fingerprint density at radius 3 is 2.47 bits per heavy atom. The summed E-state index contributed by atoms with van der Waals surface area (Å²) in [6.07, 6.45) is 2.88. The van der Waals surface area contributed by atoms with E-state index in [9.17, 15) is 9.18 Å². The van der Waals surface area contributed by atoms with E-state index in [1.807, 2.05) is 48.5 Å². The number of nitrogens with zero attached hydrogens (tertiary/aromatic N) is 1. The SMILES string of the molecule is CCOC(=O)CCCCCOc1cc(-c2cccc(F)c2)cc(-c2ccccc2)n1. The van der Waals surface area contributed by atoms with Crippen LogP contribution in [-0.4, -0.2) is 24.2 Å². The van der Waals surface area contributed by atoms with Gasteiger partial charge in [0.15, 0.2) is 0 Å². The van der Waals surface area contributed by atoms with Crippen LogP contribution in [-0.2, 0) is 9.53 Å². The van der Waals surface area contributed by atoms with Gasteiger partial charge in [0.1, 0.15) is 5.82 Å². The average Bonchev–Trinajstić information content (AvgIpc) is 2.77. The van der Waals surface area contributed by atoms with Gasteiger partial charge in [-0.3, -0.25) is 4.79 Å². The van der Waals surface area contributed by atoms with Crippen molar-refractivity contribution in [3.8, 4) is 28.3 Å². The molecule has 156 valence electrons. The van der Waals surface area contributed by atoms with Gasteiger partial charge in [0, 0.05) is 18.1 Å². The number of hydrogen-bond donors (Lipinski definition) is 0. The first-order chi connectivity index (χ1) is 14.7. The molecule has 0 aliphatic heterocycles. The molecule has 3 aromatic rings. The number of carbonyl (C=O) groups excluding carboxylic acids is 1. The van der Waals surface area contributed by atoms with E-state index in [1.54, 1.807) is 13.0 Å². The van der Waals surface area contributed by atoms with Gasteiger partial charge in [-0.1, -0.05) is 42.5 Å². The molecule has 0 bridgehead atoms. The lowest BCUT2D eigenvalue weighted by Gasteiger charge is -2.11. The summed E-state index contributed by atoms with van der Waals surface area (Å²) in [7, 11) is 0. The van der Waals surface area contributed by atoms with Gasteiger partial charge in [0.25, 0.3) is 0 Å². The van der Waals surface area contributed by atoms with E-state index in [0.29, 0.717) is 25.5 Å². The minimum atomic E-state index is -0.283. The summed E-state index contributed by atoms with van der Waals surface area (Å²) in [5.74, 6) is 0.0611. The van der Waals surface area contributed by atoms with E-state index >= 15 is 0 Å². The zero-order valence-corrected chi connectivity index (χ0v) is 17.1. The fourth-order valence-corrected chi connectivity index (χ4v) is 3.13. The summed E-state index contributed by atoms with van der Waals surface area (Å²) >= 11 is 0. The minimum absolute atomic E-state index is 0.157. The summed E-state index contributed by atoms with van der Waals surface area (Å²) in [6.45, 7) is 2.72. The van der Waals surface area contributed by atoms with Crippen LogP contribution >= 0.6 is 0 Å². The molecule has 0 aliphatic rings. The number of esters is 1. The Labute approximate surface area is 176 Å². The third kappa shape index (κ3) is 6.41. The molecule has 2 aromatic carbocycles. The molecule has 0 radical (unpaired) electrons. The predicted octanol–water partition coefficient (Wildman–Crippen LogP) is 6.06. The monoisotopic (exact) mass is 407 g/mol. The molecule has 5 heteroatoms.